The zero-order valence-electron chi connectivity index (χ0n) is 15.3. The van der Waals surface area contributed by atoms with Gasteiger partial charge >= 0.3 is 6.18 Å². The number of allylic oxidation sites excluding steroid dienone is 3. The van der Waals surface area contributed by atoms with Gasteiger partial charge in [0, 0.05) is 31.0 Å². The number of dihydropyridines is 1. The van der Waals surface area contributed by atoms with Gasteiger partial charge in [0.05, 0.1) is 23.7 Å². The van der Waals surface area contributed by atoms with Crippen molar-refractivity contribution >= 4 is 11.8 Å². The Balaban J connectivity index is 2.21. The second-order valence-corrected chi connectivity index (χ2v) is 7.12. The number of aromatic nitrogens is 2. The maximum Gasteiger partial charge on any atom is 0.416 e. The number of alkyl halides is 3. The number of nitrogens with one attached hydrogen (secondary N) is 1. The number of hydrogen-bond acceptors (Lipinski definition) is 5. The average molecular weight is 398 g/mol. The summed E-state index contributed by atoms with van der Waals surface area (Å²) in [6.45, 7) is 1.46. The van der Waals surface area contributed by atoms with E-state index in [1.807, 2.05) is 0 Å². The fraction of sp³-hybridized carbons (Fsp3) is 0.471. The third kappa shape index (κ3) is 3.37. The Morgan fingerprint density at radius 2 is 2.00 bits per heavy atom. The smallest absolute Gasteiger partial charge is 0.369 e. The van der Waals surface area contributed by atoms with Gasteiger partial charge in [0.2, 0.25) is 11.8 Å². The molecule has 11 heteroatoms. The maximum absolute atomic E-state index is 13.6. The highest BCUT2D eigenvalue weighted by Gasteiger charge is 2.52. The van der Waals surface area contributed by atoms with Gasteiger partial charge in [-0.3, -0.25) is 19.2 Å². The van der Waals surface area contributed by atoms with E-state index < -0.39 is 41.2 Å². The number of carbonyl (C=O) groups excluding carboxylic acids is 2. The number of primary amides is 2. The van der Waals surface area contributed by atoms with Crippen LogP contribution in [0.15, 0.2) is 35.8 Å². The number of aryl methyl sites for hydroxylation is 1. The van der Waals surface area contributed by atoms with E-state index in [0.717, 1.165) is 12.2 Å². The Hall–Kier alpha value is -2.82. The molecule has 3 rings (SSSR count). The Morgan fingerprint density at radius 1 is 1.32 bits per heavy atom. The van der Waals surface area contributed by atoms with E-state index >= 15 is 0 Å². The van der Waals surface area contributed by atoms with Crippen molar-refractivity contribution in [2.45, 2.75) is 31.2 Å². The second kappa shape index (κ2) is 6.66. The molecule has 1 aromatic rings. The molecular formula is C17H21F3N6O2. The number of nitrogens with two attached hydrogens (primary N) is 2. The summed E-state index contributed by atoms with van der Waals surface area (Å²) >= 11 is 0. The first-order valence-corrected chi connectivity index (χ1v) is 8.55. The Kier molecular flexibility index (Phi) is 4.74. The number of amides is 2. The molecule has 1 fully saturated rings. The van der Waals surface area contributed by atoms with Gasteiger partial charge in [0.1, 0.15) is 5.66 Å². The van der Waals surface area contributed by atoms with Crippen LogP contribution in [0.2, 0.25) is 0 Å². The van der Waals surface area contributed by atoms with Gasteiger partial charge in [-0.15, -0.1) is 0 Å². The molecule has 3 atom stereocenters. The maximum atomic E-state index is 13.6. The molecule has 0 aromatic carbocycles. The molecular weight excluding hydrogens is 377 g/mol. The quantitative estimate of drug-likeness (QED) is 0.671. The van der Waals surface area contributed by atoms with E-state index in [1.165, 1.54) is 22.7 Å². The van der Waals surface area contributed by atoms with Crippen molar-refractivity contribution in [3.8, 4) is 0 Å². The minimum absolute atomic E-state index is 0.0280. The fourth-order valence-corrected chi connectivity index (χ4v) is 3.83. The van der Waals surface area contributed by atoms with E-state index in [9.17, 15) is 22.8 Å². The van der Waals surface area contributed by atoms with Crippen LogP contribution in [0.4, 0.5) is 13.2 Å². The molecule has 152 valence electrons. The first-order chi connectivity index (χ1) is 12.9. The summed E-state index contributed by atoms with van der Waals surface area (Å²) in [4.78, 5) is 25.3. The van der Waals surface area contributed by atoms with E-state index in [-0.39, 0.29) is 18.7 Å². The molecule has 2 aliphatic rings. The molecule has 0 spiro atoms. The third-order valence-electron chi connectivity index (χ3n) is 5.08. The molecule has 2 aliphatic heterocycles. The molecule has 0 aliphatic carbocycles. The van der Waals surface area contributed by atoms with Crippen molar-refractivity contribution in [2.24, 2.45) is 24.4 Å². The molecule has 5 N–H and O–H groups in total. The predicted molar refractivity (Wildman–Crippen MR) is 92.9 cm³/mol. The summed E-state index contributed by atoms with van der Waals surface area (Å²) in [6, 6.07) is -0.984. The average Bonchev–Trinajstić information content (AvgIpc) is 3.20. The van der Waals surface area contributed by atoms with Crippen LogP contribution in [0.25, 0.3) is 0 Å². The fourth-order valence-electron chi connectivity index (χ4n) is 3.83. The van der Waals surface area contributed by atoms with Crippen molar-refractivity contribution in [3.63, 3.8) is 0 Å². The molecule has 1 aromatic heterocycles. The van der Waals surface area contributed by atoms with Crippen LogP contribution >= 0.6 is 0 Å². The molecule has 3 heterocycles. The van der Waals surface area contributed by atoms with Crippen LogP contribution in [-0.4, -0.2) is 45.3 Å². The van der Waals surface area contributed by atoms with Gasteiger partial charge < -0.3 is 16.8 Å². The number of carbonyl (C=O) groups is 2. The SMILES string of the molecule is CC1=CC(C(F)(F)F)=CC(c2cnn(C)c2)(N2CC(C(N)=O)CC2C(N)=O)N1. The van der Waals surface area contributed by atoms with Crippen LogP contribution < -0.4 is 16.8 Å². The van der Waals surface area contributed by atoms with Gasteiger partial charge in [0.15, 0.2) is 0 Å². The van der Waals surface area contributed by atoms with E-state index in [4.69, 9.17) is 11.5 Å². The molecule has 1 saturated heterocycles. The second-order valence-electron chi connectivity index (χ2n) is 7.12. The molecule has 0 radical (unpaired) electrons. The minimum atomic E-state index is -4.61. The third-order valence-corrected chi connectivity index (χ3v) is 5.08. The van der Waals surface area contributed by atoms with E-state index in [0.29, 0.717) is 5.56 Å². The number of halogens is 3. The van der Waals surface area contributed by atoms with Crippen LogP contribution in [0, 0.1) is 5.92 Å². The number of hydrogen-bond donors (Lipinski definition) is 3. The molecule has 0 bridgehead atoms. The highest BCUT2D eigenvalue weighted by Crippen LogP contribution is 2.42. The van der Waals surface area contributed by atoms with Crippen molar-refractivity contribution < 1.29 is 22.8 Å². The van der Waals surface area contributed by atoms with E-state index in [2.05, 4.69) is 10.4 Å². The zero-order valence-corrected chi connectivity index (χ0v) is 15.3. The highest BCUT2D eigenvalue weighted by molar-refractivity contribution is 5.84. The highest BCUT2D eigenvalue weighted by atomic mass is 19.4. The lowest BCUT2D eigenvalue weighted by atomic mass is 9.92. The summed E-state index contributed by atoms with van der Waals surface area (Å²) in [5.41, 5.74) is 9.09. The van der Waals surface area contributed by atoms with Gasteiger partial charge in [-0.1, -0.05) is 0 Å². The van der Waals surface area contributed by atoms with Crippen LogP contribution in [0.3, 0.4) is 0 Å². The van der Waals surface area contributed by atoms with Crippen molar-refractivity contribution in [1.82, 2.24) is 20.0 Å². The minimum Gasteiger partial charge on any atom is -0.369 e. The first-order valence-electron chi connectivity index (χ1n) is 8.55. The summed E-state index contributed by atoms with van der Waals surface area (Å²) < 4.78 is 42.2. The van der Waals surface area contributed by atoms with Crippen molar-refractivity contribution in [3.05, 3.63) is 41.4 Å². The molecule has 28 heavy (non-hydrogen) atoms. The predicted octanol–water partition coefficient (Wildman–Crippen LogP) is 0.230. The Bertz CT molecular complexity index is 874. The lowest BCUT2D eigenvalue weighted by molar-refractivity contribution is -0.124. The van der Waals surface area contributed by atoms with E-state index in [1.54, 1.807) is 13.2 Å². The number of rotatable bonds is 4. The molecule has 3 unspecified atom stereocenters. The lowest BCUT2D eigenvalue weighted by Gasteiger charge is -2.45. The molecule has 0 saturated carbocycles. The zero-order chi connectivity index (χ0) is 20.9. The number of likely N-dealkylation sites (tertiary alicyclic amines) is 1. The standard InChI is InChI=1S/C17H21F3N6O2/c1-9-3-11(17(18,19)20)5-16(24-9,12-6-23-25(2)8-12)26-7-10(14(21)27)4-13(26)15(22)28/h3,5-6,8,10,13,24H,4,7H2,1-2H3,(H2,21,27)(H2,22,28). The molecule has 2 amide bonds. The van der Waals surface area contributed by atoms with Crippen LogP contribution in [0.5, 0.6) is 0 Å². The summed E-state index contributed by atoms with van der Waals surface area (Å²) in [7, 11) is 1.62. The van der Waals surface area contributed by atoms with Gasteiger partial charge in [-0.25, -0.2) is 0 Å². The summed E-state index contributed by atoms with van der Waals surface area (Å²) in [5.74, 6) is -2.11. The lowest BCUT2D eigenvalue weighted by Crippen LogP contribution is -2.60. The normalized spacial score (nSPS) is 28.5. The molecule has 8 nitrogen and oxygen atoms in total. The van der Waals surface area contributed by atoms with Gasteiger partial charge in [0.25, 0.3) is 0 Å². The van der Waals surface area contributed by atoms with Crippen molar-refractivity contribution in [1.29, 1.82) is 0 Å². The van der Waals surface area contributed by atoms with Gasteiger partial charge in [-0.05, 0) is 25.5 Å². The summed E-state index contributed by atoms with van der Waals surface area (Å²) in [6.07, 6.45) is 0.359. The summed E-state index contributed by atoms with van der Waals surface area (Å²) in [5, 5.41) is 7.10. The Labute approximate surface area is 159 Å². The monoisotopic (exact) mass is 398 g/mol. The van der Waals surface area contributed by atoms with Crippen LogP contribution in [-0.2, 0) is 22.3 Å². The van der Waals surface area contributed by atoms with Crippen molar-refractivity contribution in [2.75, 3.05) is 6.54 Å². The topological polar surface area (TPSA) is 119 Å². The largest absolute Gasteiger partial charge is 0.416 e. The Morgan fingerprint density at radius 3 is 2.50 bits per heavy atom. The van der Waals surface area contributed by atoms with Crippen LogP contribution in [0.1, 0.15) is 18.9 Å². The number of nitrogens with zero attached hydrogens (tertiary/aromatic N) is 3. The first kappa shape index (κ1) is 19.9. The van der Waals surface area contributed by atoms with Gasteiger partial charge in [-0.2, -0.15) is 18.3 Å².